The fraction of sp³-hybridized carbons (Fsp3) is 0. The fourth-order valence-corrected chi connectivity index (χ4v) is 0. The Morgan fingerprint density at radius 2 is 0.286 bits per heavy atom. The van der Waals surface area contributed by atoms with Crippen molar-refractivity contribution in [1.82, 2.24) is 0 Å². The normalized spacial score (nSPS) is 0. The van der Waals surface area contributed by atoms with Crippen molar-refractivity contribution in [2.45, 2.75) is 0 Å². The Balaban J connectivity index is 0. The van der Waals surface area contributed by atoms with Gasteiger partial charge in [-0.1, -0.05) is 0 Å². The molecular weight excluding hydrogens is 245 g/mol. The van der Waals surface area contributed by atoms with Crippen LogP contribution in [-0.2, 0) is 0 Å². The standard InChI is InChI=1S/6FH.Xe/h6*1H;/p-6. The molecule has 0 spiro atoms. The van der Waals surface area contributed by atoms with Gasteiger partial charge >= 0.3 is 0 Å². The number of halogens is 6. The smallest absolute Gasteiger partial charge is 0 e. The van der Waals surface area contributed by atoms with Crippen LogP contribution >= 0.6 is 0 Å². The average Bonchev–Trinajstić information content (AvgIpc) is 0. The van der Waals surface area contributed by atoms with Gasteiger partial charge in [-0.25, -0.2) is 0 Å². The molecule has 0 rings (SSSR count). The molecular formula is F6Xe-6. The van der Waals surface area contributed by atoms with Crippen LogP contribution in [0.25, 0.3) is 0 Å². The Bertz CT molecular complexity index is 4.14. The quantitative estimate of drug-likeness (QED) is 0.372. The van der Waals surface area contributed by atoms with Crippen molar-refractivity contribution in [2.75, 3.05) is 0 Å². The third-order valence-electron chi connectivity index (χ3n) is 0. The second-order valence-electron chi connectivity index (χ2n) is 0. The summed E-state index contributed by atoms with van der Waals surface area (Å²) in [6.45, 7) is 0. The van der Waals surface area contributed by atoms with Gasteiger partial charge in [-0.3, -0.25) is 0 Å². The van der Waals surface area contributed by atoms with Gasteiger partial charge in [-0.15, -0.1) is 0 Å². The zero-order valence-corrected chi connectivity index (χ0v) is 4.64. The summed E-state index contributed by atoms with van der Waals surface area (Å²) >= 11 is 0. The molecule has 0 aliphatic rings. The zero-order valence-electron chi connectivity index (χ0n) is 2.62. The maximum Gasteiger partial charge on any atom is 0 e. The molecule has 0 N–H and O–H groups in total. The first-order chi connectivity index (χ1) is 0. The molecule has 0 saturated heterocycles. The summed E-state index contributed by atoms with van der Waals surface area (Å²) in [5.41, 5.74) is 0. The number of hydrogen-bond donors (Lipinski definition) is 0. The largest absolute Gasteiger partial charge is 1.00 e. The molecule has 0 aliphatic carbocycles. The van der Waals surface area contributed by atoms with Gasteiger partial charge in [0.2, 0.25) is 0 Å². The van der Waals surface area contributed by atoms with Gasteiger partial charge < -0.3 is 28.2 Å². The maximum atomic E-state index is 0. The Morgan fingerprint density at radius 1 is 0.286 bits per heavy atom. The third-order valence-corrected chi connectivity index (χ3v) is 0. The molecule has 0 nitrogen and oxygen atoms in total. The van der Waals surface area contributed by atoms with Crippen LogP contribution in [0.1, 0.15) is 0 Å². The SMILES string of the molecule is [F-].[F-].[F-].[F-].[F-].[F-].[Xe]. The van der Waals surface area contributed by atoms with E-state index in [1.54, 1.807) is 0 Å². The van der Waals surface area contributed by atoms with Gasteiger partial charge in [0.05, 0.1) is 0 Å². The Kier molecular flexibility index (Phi) is 9170. The molecule has 0 aromatic rings. The Hall–Kier alpha value is 1.15. The van der Waals surface area contributed by atoms with Crippen molar-refractivity contribution in [3.05, 3.63) is 0 Å². The fourth-order valence-electron chi connectivity index (χ4n) is 0. The van der Waals surface area contributed by atoms with Gasteiger partial charge in [-0.2, -0.15) is 0 Å². The molecule has 0 bridgehead atoms. The molecule has 0 aromatic carbocycles. The van der Waals surface area contributed by atoms with Gasteiger partial charge in [0.1, 0.15) is 0 Å². The minimum Gasteiger partial charge on any atom is -1.00 e. The van der Waals surface area contributed by atoms with Gasteiger partial charge in [-0.05, 0) is 0 Å². The predicted octanol–water partition coefficient (Wildman–Crippen LogP) is -18.0. The van der Waals surface area contributed by atoms with Crippen LogP contribution in [0.4, 0.5) is 0 Å². The molecule has 0 saturated carbocycles. The van der Waals surface area contributed by atoms with E-state index in [1.807, 2.05) is 0 Å². The van der Waals surface area contributed by atoms with Crippen LogP contribution in [0.2, 0.25) is 0 Å². The summed E-state index contributed by atoms with van der Waals surface area (Å²) in [4.78, 5) is 0. The van der Waals surface area contributed by atoms with E-state index < -0.39 is 0 Å². The second kappa shape index (κ2) is 204. The van der Waals surface area contributed by atoms with E-state index in [0.717, 1.165) is 0 Å². The van der Waals surface area contributed by atoms with Crippen molar-refractivity contribution in [1.29, 1.82) is 0 Å². The summed E-state index contributed by atoms with van der Waals surface area (Å²) in [5.74, 6) is 0. The van der Waals surface area contributed by atoms with E-state index >= 15 is 0 Å². The van der Waals surface area contributed by atoms with Gasteiger partial charge in [0.25, 0.3) is 0 Å². The topological polar surface area (TPSA) is 0 Å². The molecule has 0 aromatic heterocycles. The summed E-state index contributed by atoms with van der Waals surface area (Å²) < 4.78 is 0. The first kappa shape index (κ1) is 314. The monoisotopic (exact) mass is 246 g/mol. The first-order valence-corrected chi connectivity index (χ1v) is 0. The molecule has 0 amide bonds. The van der Waals surface area contributed by atoms with Crippen molar-refractivity contribution < 1.29 is 77.1 Å². The predicted molar refractivity (Wildman–Crippen MR) is 0 cm³/mol. The van der Waals surface area contributed by atoms with Crippen molar-refractivity contribution in [3.63, 3.8) is 0 Å². The molecule has 0 fully saturated rings. The minimum absolute atomic E-state index is 0. The molecule has 7 heavy (non-hydrogen) atoms. The molecule has 56 valence electrons. The summed E-state index contributed by atoms with van der Waals surface area (Å²) in [5, 5.41) is 0. The Labute approximate surface area is 76.3 Å². The van der Waals surface area contributed by atoms with Crippen molar-refractivity contribution in [2.24, 2.45) is 0 Å². The molecule has 0 aliphatic heterocycles. The van der Waals surface area contributed by atoms with Crippen LogP contribution in [0.15, 0.2) is 0 Å². The van der Waals surface area contributed by atoms with E-state index in [4.69, 9.17) is 0 Å². The molecule has 0 atom stereocenters. The Morgan fingerprint density at radius 3 is 0.286 bits per heavy atom. The molecule has 0 heterocycles. The molecule has 7 heteroatoms. The third kappa shape index (κ3) is 143. The second-order valence-corrected chi connectivity index (χ2v) is 0. The molecule has 0 unspecified atom stereocenters. The number of rotatable bonds is 0. The van der Waals surface area contributed by atoms with E-state index in [-0.39, 0.29) is 77.1 Å². The van der Waals surface area contributed by atoms with Crippen molar-refractivity contribution >= 4 is 0 Å². The average molecular weight is 245 g/mol. The van der Waals surface area contributed by atoms with Crippen LogP contribution in [-0.4, -0.2) is 0 Å². The van der Waals surface area contributed by atoms with Crippen LogP contribution in [0, 0.1) is 48.9 Å². The number of hydrogen-bond acceptors (Lipinski definition) is 0. The van der Waals surface area contributed by atoms with Gasteiger partial charge in [0.15, 0.2) is 0 Å². The summed E-state index contributed by atoms with van der Waals surface area (Å²) in [7, 11) is 0. The summed E-state index contributed by atoms with van der Waals surface area (Å²) in [6.07, 6.45) is 0. The molecule has 0 radical (unpaired) electrons. The minimum atomic E-state index is 0. The van der Waals surface area contributed by atoms with E-state index in [1.165, 1.54) is 0 Å². The van der Waals surface area contributed by atoms with Crippen LogP contribution < -0.4 is 28.2 Å². The first-order valence-electron chi connectivity index (χ1n) is 0. The van der Waals surface area contributed by atoms with Crippen LogP contribution in [0.5, 0.6) is 0 Å². The van der Waals surface area contributed by atoms with E-state index in [9.17, 15) is 0 Å². The van der Waals surface area contributed by atoms with Crippen LogP contribution in [0.3, 0.4) is 0 Å². The van der Waals surface area contributed by atoms with Crippen molar-refractivity contribution in [3.8, 4) is 0 Å². The van der Waals surface area contributed by atoms with Gasteiger partial charge in [0, 0.05) is 48.9 Å². The zero-order chi connectivity index (χ0) is 0. The van der Waals surface area contributed by atoms with E-state index in [0.29, 0.717) is 0 Å². The van der Waals surface area contributed by atoms with E-state index in [2.05, 4.69) is 0 Å². The maximum absolute atomic E-state index is 0. The summed E-state index contributed by atoms with van der Waals surface area (Å²) in [6, 6.07) is 0.